The number of aromatic nitrogens is 1. The first kappa shape index (κ1) is 25.3. The van der Waals surface area contributed by atoms with Gasteiger partial charge in [0.05, 0.1) is 20.3 Å². The number of rotatable bonds is 13. The van der Waals surface area contributed by atoms with E-state index in [1.165, 1.54) is 11.3 Å². The molecule has 0 spiro atoms. The third kappa shape index (κ3) is 8.11. The van der Waals surface area contributed by atoms with Crippen molar-refractivity contribution in [3.8, 4) is 11.5 Å². The molecule has 0 amide bonds. The van der Waals surface area contributed by atoms with Crippen LogP contribution >= 0.6 is 0 Å². The van der Waals surface area contributed by atoms with Crippen LogP contribution in [0.2, 0.25) is 0 Å². The Bertz CT molecular complexity index is 1000. The van der Waals surface area contributed by atoms with Gasteiger partial charge < -0.3 is 23.9 Å². The summed E-state index contributed by atoms with van der Waals surface area (Å²) in [6.07, 6.45) is 1.53. The summed E-state index contributed by atoms with van der Waals surface area (Å²) in [5.41, 5.74) is 2.41. The molecule has 1 aliphatic heterocycles. The summed E-state index contributed by atoms with van der Waals surface area (Å²) in [4.78, 5) is 4.75. The number of hydrogen-bond acceptors (Lipinski definition) is 6. The van der Waals surface area contributed by atoms with Gasteiger partial charge in [0.25, 0.3) is 0 Å². The Kier molecular flexibility index (Phi) is 9.60. The average Bonchev–Trinajstić information content (AvgIpc) is 3.33. The number of benzene rings is 2. The second kappa shape index (κ2) is 13.3. The SMILES string of the molecule is COc1cccc(Cn2cccc2CN(CCN2CCOCC2)CC(O)COc2ccccc2)c1. The third-order valence-corrected chi connectivity index (χ3v) is 6.29. The monoisotopic (exact) mass is 479 g/mol. The van der Waals surface area contributed by atoms with E-state index in [0.717, 1.165) is 64.0 Å². The molecule has 1 fully saturated rings. The van der Waals surface area contributed by atoms with Crippen LogP contribution in [0.5, 0.6) is 11.5 Å². The number of aliphatic hydroxyl groups excluding tert-OH is 1. The molecule has 1 N–H and O–H groups in total. The van der Waals surface area contributed by atoms with Gasteiger partial charge in [-0.2, -0.15) is 0 Å². The van der Waals surface area contributed by atoms with Gasteiger partial charge in [0.2, 0.25) is 0 Å². The predicted octanol–water partition coefficient (Wildman–Crippen LogP) is 3.12. The normalized spacial score (nSPS) is 15.3. The molecule has 4 rings (SSSR count). The molecule has 7 nitrogen and oxygen atoms in total. The van der Waals surface area contributed by atoms with Crippen LogP contribution in [-0.2, 0) is 17.8 Å². The van der Waals surface area contributed by atoms with Crippen LogP contribution in [0.25, 0.3) is 0 Å². The van der Waals surface area contributed by atoms with Crippen molar-refractivity contribution in [2.75, 3.05) is 59.7 Å². The molecule has 1 aliphatic rings. The Morgan fingerprint density at radius 1 is 1.00 bits per heavy atom. The second-order valence-corrected chi connectivity index (χ2v) is 8.95. The smallest absolute Gasteiger partial charge is 0.119 e. The van der Waals surface area contributed by atoms with Crippen LogP contribution < -0.4 is 9.47 Å². The van der Waals surface area contributed by atoms with Crippen molar-refractivity contribution < 1.29 is 19.3 Å². The zero-order chi connectivity index (χ0) is 24.3. The fourth-order valence-corrected chi connectivity index (χ4v) is 4.35. The van der Waals surface area contributed by atoms with Crippen molar-refractivity contribution in [1.82, 2.24) is 14.4 Å². The first-order chi connectivity index (χ1) is 17.2. The fraction of sp³-hybridized carbons (Fsp3) is 0.429. The Morgan fingerprint density at radius 3 is 2.60 bits per heavy atom. The van der Waals surface area contributed by atoms with Crippen LogP contribution in [0.15, 0.2) is 72.9 Å². The van der Waals surface area contributed by atoms with Crippen LogP contribution in [-0.4, -0.2) is 85.2 Å². The topological polar surface area (TPSA) is 59.3 Å². The highest BCUT2D eigenvalue weighted by Crippen LogP contribution is 2.16. The molecule has 2 aromatic carbocycles. The van der Waals surface area contributed by atoms with E-state index < -0.39 is 6.10 Å². The minimum absolute atomic E-state index is 0.267. The lowest BCUT2D eigenvalue weighted by atomic mass is 10.2. The number of nitrogens with zero attached hydrogens (tertiary/aromatic N) is 3. The Hall–Kier alpha value is -2.84. The van der Waals surface area contributed by atoms with Gasteiger partial charge in [0, 0.05) is 57.7 Å². The summed E-state index contributed by atoms with van der Waals surface area (Å²) in [5, 5.41) is 10.8. The maximum absolute atomic E-state index is 10.8. The van der Waals surface area contributed by atoms with E-state index in [9.17, 15) is 5.11 Å². The molecule has 35 heavy (non-hydrogen) atoms. The molecule has 1 unspecified atom stereocenters. The summed E-state index contributed by atoms with van der Waals surface area (Å²) in [5.74, 6) is 1.64. The number of ether oxygens (including phenoxy) is 3. The van der Waals surface area contributed by atoms with Gasteiger partial charge in [0.1, 0.15) is 24.2 Å². The summed E-state index contributed by atoms with van der Waals surface area (Å²) < 4.78 is 19.0. The van der Waals surface area contributed by atoms with Crippen LogP contribution in [0.4, 0.5) is 0 Å². The molecule has 1 aromatic heterocycles. The molecule has 188 valence electrons. The van der Waals surface area contributed by atoms with Crippen molar-refractivity contribution >= 4 is 0 Å². The van der Waals surface area contributed by atoms with E-state index >= 15 is 0 Å². The van der Waals surface area contributed by atoms with Gasteiger partial charge in [-0.25, -0.2) is 0 Å². The minimum Gasteiger partial charge on any atom is -0.497 e. The Labute approximate surface area is 208 Å². The quantitative estimate of drug-likeness (QED) is 0.407. The first-order valence-electron chi connectivity index (χ1n) is 12.3. The third-order valence-electron chi connectivity index (χ3n) is 6.29. The van der Waals surface area contributed by atoms with Crippen molar-refractivity contribution in [2.45, 2.75) is 19.2 Å². The highest BCUT2D eigenvalue weighted by atomic mass is 16.5. The fourth-order valence-electron chi connectivity index (χ4n) is 4.35. The lowest BCUT2D eigenvalue weighted by Crippen LogP contribution is -2.43. The molecule has 0 aliphatic carbocycles. The van der Waals surface area contributed by atoms with E-state index in [-0.39, 0.29) is 6.61 Å². The number of methoxy groups -OCH3 is 1. The second-order valence-electron chi connectivity index (χ2n) is 8.95. The van der Waals surface area contributed by atoms with Crippen LogP contribution in [0, 0.1) is 0 Å². The number of para-hydroxylation sites is 1. The Balaban J connectivity index is 1.39. The molecular formula is C28H37N3O4. The highest BCUT2D eigenvalue weighted by Gasteiger charge is 2.18. The van der Waals surface area contributed by atoms with E-state index in [2.05, 4.69) is 44.8 Å². The zero-order valence-electron chi connectivity index (χ0n) is 20.6. The molecule has 0 bridgehead atoms. The molecule has 7 heteroatoms. The van der Waals surface area contributed by atoms with E-state index in [1.54, 1.807) is 7.11 Å². The predicted molar refractivity (Wildman–Crippen MR) is 137 cm³/mol. The lowest BCUT2D eigenvalue weighted by Gasteiger charge is -2.31. The van der Waals surface area contributed by atoms with Gasteiger partial charge in [0.15, 0.2) is 0 Å². The summed E-state index contributed by atoms with van der Waals surface area (Å²) in [6, 6.07) is 22.1. The molecule has 0 radical (unpaired) electrons. The highest BCUT2D eigenvalue weighted by molar-refractivity contribution is 5.29. The number of aliphatic hydroxyl groups is 1. The van der Waals surface area contributed by atoms with E-state index in [4.69, 9.17) is 14.2 Å². The molecule has 1 atom stereocenters. The standard InChI is InChI=1S/C28H37N3O4/c1-33-28-11-5-7-24(19-28)20-31-12-6-8-25(31)21-30(14-13-29-15-17-34-18-16-29)22-26(32)23-35-27-9-3-2-4-10-27/h2-12,19,26,32H,13-18,20-23H2,1H3. The largest absolute Gasteiger partial charge is 0.497 e. The van der Waals surface area contributed by atoms with Crippen LogP contribution in [0.3, 0.4) is 0 Å². The van der Waals surface area contributed by atoms with Crippen LogP contribution in [0.1, 0.15) is 11.3 Å². The van der Waals surface area contributed by atoms with Gasteiger partial charge in [-0.15, -0.1) is 0 Å². The zero-order valence-corrected chi connectivity index (χ0v) is 20.6. The van der Waals surface area contributed by atoms with Crippen molar-refractivity contribution in [2.24, 2.45) is 0 Å². The van der Waals surface area contributed by atoms with E-state index in [1.807, 2.05) is 42.5 Å². The molecule has 2 heterocycles. The summed E-state index contributed by atoms with van der Waals surface area (Å²) in [7, 11) is 1.69. The number of morpholine rings is 1. The molecule has 0 saturated carbocycles. The Morgan fingerprint density at radius 2 is 1.80 bits per heavy atom. The number of hydrogen-bond donors (Lipinski definition) is 1. The molecular weight excluding hydrogens is 442 g/mol. The molecule has 1 saturated heterocycles. The van der Waals surface area contributed by atoms with Gasteiger partial charge in [-0.1, -0.05) is 30.3 Å². The van der Waals surface area contributed by atoms with Gasteiger partial charge >= 0.3 is 0 Å². The van der Waals surface area contributed by atoms with E-state index in [0.29, 0.717) is 6.54 Å². The summed E-state index contributed by atoms with van der Waals surface area (Å²) in [6.45, 7) is 7.65. The van der Waals surface area contributed by atoms with Crippen molar-refractivity contribution in [3.63, 3.8) is 0 Å². The average molecular weight is 480 g/mol. The summed E-state index contributed by atoms with van der Waals surface area (Å²) >= 11 is 0. The van der Waals surface area contributed by atoms with Crippen molar-refractivity contribution in [1.29, 1.82) is 0 Å². The van der Waals surface area contributed by atoms with Gasteiger partial charge in [-0.3, -0.25) is 9.80 Å². The van der Waals surface area contributed by atoms with Gasteiger partial charge in [-0.05, 0) is 42.0 Å². The maximum atomic E-state index is 10.8. The first-order valence-corrected chi connectivity index (χ1v) is 12.3. The maximum Gasteiger partial charge on any atom is 0.119 e. The molecule has 3 aromatic rings. The van der Waals surface area contributed by atoms with Crippen molar-refractivity contribution in [3.05, 3.63) is 84.2 Å². The minimum atomic E-state index is -0.582. The lowest BCUT2D eigenvalue weighted by molar-refractivity contribution is 0.0253.